The number of benzene rings is 1. The molecule has 1 aromatic rings. The van der Waals surface area contributed by atoms with Crippen molar-refractivity contribution in [2.75, 3.05) is 0 Å². The van der Waals surface area contributed by atoms with E-state index in [2.05, 4.69) is 38.1 Å². The molecule has 0 aromatic heterocycles. The van der Waals surface area contributed by atoms with Gasteiger partial charge in [-0.2, -0.15) is 0 Å². The second-order valence-electron chi connectivity index (χ2n) is 5.65. The van der Waals surface area contributed by atoms with Gasteiger partial charge in [0.25, 0.3) is 0 Å². The molecule has 18 heavy (non-hydrogen) atoms. The lowest BCUT2D eigenvalue weighted by Gasteiger charge is -2.19. The van der Waals surface area contributed by atoms with Crippen molar-refractivity contribution < 1.29 is 0 Å². The third kappa shape index (κ3) is 3.46. The molecular formula is C17H25N. The standard InChI is InChI=1S/C17H25N/c1-13-7-6-8-14(2)17(13)12-16(18)11-15-9-4-3-5-10-15/h6-9,16H,3-5,10-12,18H2,1-2H3. The minimum atomic E-state index is 0.272. The van der Waals surface area contributed by atoms with Crippen LogP contribution in [0, 0.1) is 13.8 Å². The van der Waals surface area contributed by atoms with Crippen LogP contribution in [0.2, 0.25) is 0 Å². The molecule has 0 spiro atoms. The maximum Gasteiger partial charge on any atom is 0.0117 e. The van der Waals surface area contributed by atoms with E-state index in [1.807, 2.05) is 0 Å². The van der Waals surface area contributed by atoms with E-state index in [1.165, 1.54) is 42.4 Å². The fourth-order valence-electron chi connectivity index (χ4n) is 2.93. The molecule has 0 amide bonds. The molecule has 0 saturated heterocycles. The molecule has 0 heterocycles. The van der Waals surface area contributed by atoms with Gasteiger partial charge in [0.15, 0.2) is 0 Å². The summed E-state index contributed by atoms with van der Waals surface area (Å²) in [5.74, 6) is 0. The summed E-state index contributed by atoms with van der Waals surface area (Å²) in [5.41, 5.74) is 12.1. The Bertz CT molecular complexity index is 411. The van der Waals surface area contributed by atoms with Crippen molar-refractivity contribution in [3.8, 4) is 0 Å². The van der Waals surface area contributed by atoms with Gasteiger partial charge in [-0.1, -0.05) is 29.8 Å². The molecular weight excluding hydrogens is 218 g/mol. The molecule has 1 aliphatic rings. The second-order valence-corrected chi connectivity index (χ2v) is 5.65. The van der Waals surface area contributed by atoms with E-state index in [4.69, 9.17) is 5.73 Å². The fraction of sp³-hybridized carbons (Fsp3) is 0.529. The number of nitrogens with two attached hydrogens (primary N) is 1. The molecule has 1 nitrogen and oxygen atoms in total. The first-order valence-corrected chi connectivity index (χ1v) is 7.15. The number of aryl methyl sites for hydroxylation is 2. The molecule has 1 aromatic carbocycles. The predicted octanol–water partition coefficient (Wildman–Crippen LogP) is 4.06. The van der Waals surface area contributed by atoms with E-state index in [9.17, 15) is 0 Å². The Morgan fingerprint density at radius 1 is 1.11 bits per heavy atom. The van der Waals surface area contributed by atoms with Crippen molar-refractivity contribution in [2.45, 2.75) is 58.4 Å². The SMILES string of the molecule is Cc1cccc(C)c1CC(N)CC1=CCCCC1. The smallest absolute Gasteiger partial charge is 0.0117 e. The summed E-state index contributed by atoms with van der Waals surface area (Å²) in [5, 5.41) is 0. The van der Waals surface area contributed by atoms with Gasteiger partial charge >= 0.3 is 0 Å². The van der Waals surface area contributed by atoms with E-state index in [0.29, 0.717) is 0 Å². The van der Waals surface area contributed by atoms with Crippen molar-refractivity contribution in [1.29, 1.82) is 0 Å². The van der Waals surface area contributed by atoms with Gasteiger partial charge in [0.2, 0.25) is 0 Å². The van der Waals surface area contributed by atoms with Crippen LogP contribution in [0.15, 0.2) is 29.8 Å². The molecule has 1 unspecified atom stereocenters. The van der Waals surface area contributed by atoms with Crippen molar-refractivity contribution in [1.82, 2.24) is 0 Å². The van der Waals surface area contributed by atoms with Gasteiger partial charge in [0.1, 0.15) is 0 Å². The van der Waals surface area contributed by atoms with E-state index in [-0.39, 0.29) is 6.04 Å². The van der Waals surface area contributed by atoms with Crippen LogP contribution in [0.1, 0.15) is 48.8 Å². The Balaban J connectivity index is 1.98. The van der Waals surface area contributed by atoms with Crippen molar-refractivity contribution in [3.63, 3.8) is 0 Å². The largest absolute Gasteiger partial charge is 0.327 e. The van der Waals surface area contributed by atoms with Crippen LogP contribution in [0.4, 0.5) is 0 Å². The summed E-state index contributed by atoms with van der Waals surface area (Å²) < 4.78 is 0. The highest BCUT2D eigenvalue weighted by atomic mass is 14.6. The normalized spacial score (nSPS) is 17.4. The minimum Gasteiger partial charge on any atom is -0.327 e. The first-order chi connectivity index (χ1) is 8.66. The summed E-state index contributed by atoms with van der Waals surface area (Å²) in [4.78, 5) is 0. The van der Waals surface area contributed by atoms with Crippen LogP contribution < -0.4 is 5.73 Å². The molecule has 0 fully saturated rings. The highest BCUT2D eigenvalue weighted by Crippen LogP contribution is 2.23. The number of allylic oxidation sites excluding steroid dienone is 1. The zero-order valence-corrected chi connectivity index (χ0v) is 11.7. The Kier molecular flexibility index (Phi) is 4.60. The number of rotatable bonds is 4. The zero-order valence-electron chi connectivity index (χ0n) is 11.7. The topological polar surface area (TPSA) is 26.0 Å². The Labute approximate surface area is 111 Å². The van der Waals surface area contributed by atoms with Crippen LogP contribution in [-0.4, -0.2) is 6.04 Å². The van der Waals surface area contributed by atoms with Crippen molar-refractivity contribution in [3.05, 3.63) is 46.5 Å². The summed E-state index contributed by atoms with van der Waals surface area (Å²) in [6.45, 7) is 4.38. The molecule has 2 N–H and O–H groups in total. The van der Waals surface area contributed by atoms with Crippen molar-refractivity contribution in [2.24, 2.45) is 5.73 Å². The van der Waals surface area contributed by atoms with Gasteiger partial charge in [-0.05, 0) is 69.1 Å². The highest BCUT2D eigenvalue weighted by Gasteiger charge is 2.12. The molecule has 1 aliphatic carbocycles. The third-order valence-corrected chi connectivity index (χ3v) is 4.02. The summed E-state index contributed by atoms with van der Waals surface area (Å²) >= 11 is 0. The lowest BCUT2D eigenvalue weighted by Crippen LogP contribution is -2.24. The van der Waals surface area contributed by atoms with E-state index >= 15 is 0 Å². The van der Waals surface area contributed by atoms with Gasteiger partial charge in [-0.3, -0.25) is 0 Å². The second kappa shape index (κ2) is 6.19. The summed E-state index contributed by atoms with van der Waals surface area (Å²) in [6.07, 6.45) is 9.72. The minimum absolute atomic E-state index is 0.272. The third-order valence-electron chi connectivity index (χ3n) is 4.02. The molecule has 1 atom stereocenters. The zero-order chi connectivity index (χ0) is 13.0. The number of hydrogen-bond donors (Lipinski definition) is 1. The average molecular weight is 243 g/mol. The van der Waals surface area contributed by atoms with Crippen LogP contribution in [0.25, 0.3) is 0 Å². The highest BCUT2D eigenvalue weighted by molar-refractivity contribution is 5.34. The van der Waals surface area contributed by atoms with E-state index in [0.717, 1.165) is 12.8 Å². The molecule has 0 aliphatic heterocycles. The Hall–Kier alpha value is -1.08. The van der Waals surface area contributed by atoms with Crippen LogP contribution in [-0.2, 0) is 6.42 Å². The molecule has 0 bridgehead atoms. The quantitative estimate of drug-likeness (QED) is 0.793. The molecule has 0 radical (unpaired) electrons. The van der Waals surface area contributed by atoms with Gasteiger partial charge in [-0.15, -0.1) is 0 Å². The number of hydrogen-bond acceptors (Lipinski definition) is 1. The monoisotopic (exact) mass is 243 g/mol. The van der Waals surface area contributed by atoms with Crippen LogP contribution >= 0.6 is 0 Å². The van der Waals surface area contributed by atoms with Crippen LogP contribution in [0.5, 0.6) is 0 Å². The Morgan fingerprint density at radius 2 is 1.83 bits per heavy atom. The van der Waals surface area contributed by atoms with Gasteiger partial charge in [0, 0.05) is 6.04 Å². The fourth-order valence-corrected chi connectivity index (χ4v) is 2.93. The molecule has 98 valence electrons. The average Bonchev–Trinajstić information content (AvgIpc) is 2.35. The van der Waals surface area contributed by atoms with E-state index in [1.54, 1.807) is 5.57 Å². The van der Waals surface area contributed by atoms with Crippen molar-refractivity contribution >= 4 is 0 Å². The summed E-state index contributed by atoms with van der Waals surface area (Å²) in [7, 11) is 0. The maximum absolute atomic E-state index is 6.33. The van der Waals surface area contributed by atoms with Gasteiger partial charge in [0.05, 0.1) is 0 Å². The van der Waals surface area contributed by atoms with E-state index < -0.39 is 0 Å². The van der Waals surface area contributed by atoms with Gasteiger partial charge in [-0.25, -0.2) is 0 Å². The molecule has 0 saturated carbocycles. The first kappa shape index (κ1) is 13.4. The maximum atomic E-state index is 6.33. The Morgan fingerprint density at radius 3 is 2.44 bits per heavy atom. The molecule has 1 heteroatoms. The lowest BCUT2D eigenvalue weighted by molar-refractivity contribution is 0.604. The predicted molar refractivity (Wildman–Crippen MR) is 78.8 cm³/mol. The van der Waals surface area contributed by atoms with Gasteiger partial charge < -0.3 is 5.73 Å². The first-order valence-electron chi connectivity index (χ1n) is 7.15. The summed E-state index contributed by atoms with van der Waals surface area (Å²) in [6, 6.07) is 6.78. The van der Waals surface area contributed by atoms with Crippen LogP contribution in [0.3, 0.4) is 0 Å². The lowest BCUT2D eigenvalue weighted by atomic mass is 9.90. The molecule has 2 rings (SSSR count).